The Morgan fingerprint density at radius 3 is 2.58 bits per heavy atom. The predicted octanol–water partition coefficient (Wildman–Crippen LogP) is 2.68. The number of carboxylic acid groups (broad SMARTS) is 1. The molecule has 1 heterocycles. The number of carbonyl (C=O) groups excluding carboxylic acids is 1. The highest BCUT2D eigenvalue weighted by atomic mass is 16.5. The zero-order valence-corrected chi connectivity index (χ0v) is 10.3. The van der Waals surface area contributed by atoms with Gasteiger partial charge >= 0.3 is 5.97 Å². The highest BCUT2D eigenvalue weighted by molar-refractivity contribution is 5.88. The average molecular weight is 260 g/mol. The van der Waals surface area contributed by atoms with Gasteiger partial charge in [0.05, 0.1) is 0 Å². The van der Waals surface area contributed by atoms with Crippen LogP contribution in [0.3, 0.4) is 0 Å². The third kappa shape index (κ3) is 3.01. The second-order valence-electron chi connectivity index (χ2n) is 3.96. The van der Waals surface area contributed by atoms with Gasteiger partial charge in [0, 0.05) is 5.56 Å². The zero-order chi connectivity index (χ0) is 13.8. The summed E-state index contributed by atoms with van der Waals surface area (Å²) in [6, 6.07) is 8.05. The number of aldehydes is 1. The Labute approximate surface area is 109 Å². The molecule has 0 bridgehead atoms. The predicted molar refractivity (Wildman–Crippen MR) is 66.6 cm³/mol. The molecule has 5 nitrogen and oxygen atoms in total. The van der Waals surface area contributed by atoms with Gasteiger partial charge in [0.2, 0.25) is 0 Å². The van der Waals surface area contributed by atoms with Gasteiger partial charge in [0.15, 0.2) is 0 Å². The Morgan fingerprint density at radius 2 is 2.05 bits per heavy atom. The van der Waals surface area contributed by atoms with Gasteiger partial charge in [-0.2, -0.15) is 0 Å². The molecule has 1 N–H and O–H groups in total. The lowest BCUT2D eigenvalue weighted by atomic mass is 10.2. The van der Waals surface area contributed by atoms with Gasteiger partial charge in [0.1, 0.15) is 35.7 Å². The maximum absolute atomic E-state index is 10.8. The standard InChI is InChI=1S/C14H12O5/c1-9-13(14(16)17)6-12(19-9)8-18-11-4-2-10(7-15)3-5-11/h2-7H,8H2,1H3,(H,16,17). The minimum absolute atomic E-state index is 0.133. The number of carbonyl (C=O) groups is 2. The molecular formula is C14H12O5. The van der Waals surface area contributed by atoms with Crippen LogP contribution < -0.4 is 4.74 Å². The van der Waals surface area contributed by atoms with Crippen LogP contribution in [0.4, 0.5) is 0 Å². The fraction of sp³-hybridized carbons (Fsp3) is 0.143. The summed E-state index contributed by atoms with van der Waals surface area (Å²) in [5.41, 5.74) is 0.698. The summed E-state index contributed by atoms with van der Waals surface area (Å²) in [6.45, 7) is 1.72. The molecule has 1 aromatic heterocycles. The molecule has 0 aliphatic heterocycles. The van der Waals surface area contributed by atoms with Crippen LogP contribution in [0.25, 0.3) is 0 Å². The maximum Gasteiger partial charge on any atom is 0.339 e. The lowest BCUT2D eigenvalue weighted by Crippen LogP contribution is -1.96. The molecule has 0 unspecified atom stereocenters. The SMILES string of the molecule is Cc1oc(COc2ccc(C=O)cc2)cc1C(=O)O. The lowest BCUT2D eigenvalue weighted by Gasteiger charge is -2.03. The number of aryl methyl sites for hydroxylation is 1. The van der Waals surface area contributed by atoms with E-state index in [2.05, 4.69) is 0 Å². The molecule has 0 fully saturated rings. The monoisotopic (exact) mass is 260 g/mol. The molecule has 0 amide bonds. The number of aromatic carboxylic acids is 1. The van der Waals surface area contributed by atoms with Crippen LogP contribution in [0.15, 0.2) is 34.7 Å². The largest absolute Gasteiger partial charge is 0.486 e. The van der Waals surface area contributed by atoms with Gasteiger partial charge in [-0.25, -0.2) is 4.79 Å². The van der Waals surface area contributed by atoms with Crippen LogP contribution in [0.1, 0.15) is 32.2 Å². The van der Waals surface area contributed by atoms with Crippen molar-refractivity contribution >= 4 is 12.3 Å². The van der Waals surface area contributed by atoms with E-state index >= 15 is 0 Å². The van der Waals surface area contributed by atoms with Gasteiger partial charge in [0.25, 0.3) is 0 Å². The van der Waals surface area contributed by atoms with Gasteiger partial charge in [-0.3, -0.25) is 4.79 Å². The molecule has 98 valence electrons. The Hall–Kier alpha value is -2.56. The molecule has 0 saturated heterocycles. The highest BCUT2D eigenvalue weighted by Gasteiger charge is 2.13. The summed E-state index contributed by atoms with van der Waals surface area (Å²) in [4.78, 5) is 21.3. The molecule has 2 rings (SSSR count). The summed E-state index contributed by atoms with van der Waals surface area (Å²) < 4.78 is 10.7. The van der Waals surface area contributed by atoms with Crippen LogP contribution in [-0.2, 0) is 6.61 Å². The van der Waals surface area contributed by atoms with Crippen LogP contribution in [0, 0.1) is 6.92 Å². The summed E-state index contributed by atoms with van der Waals surface area (Å²) >= 11 is 0. The number of benzene rings is 1. The van der Waals surface area contributed by atoms with Crippen molar-refractivity contribution in [1.29, 1.82) is 0 Å². The quantitative estimate of drug-likeness (QED) is 0.836. The molecule has 0 radical (unpaired) electrons. The van der Waals surface area contributed by atoms with Crippen LogP contribution >= 0.6 is 0 Å². The number of furan rings is 1. The van der Waals surface area contributed by atoms with E-state index in [0.717, 1.165) is 6.29 Å². The van der Waals surface area contributed by atoms with Crippen molar-refractivity contribution < 1.29 is 23.8 Å². The summed E-state index contributed by atoms with van der Waals surface area (Å²) in [5, 5.41) is 8.89. The van der Waals surface area contributed by atoms with Crippen molar-refractivity contribution in [1.82, 2.24) is 0 Å². The van der Waals surface area contributed by atoms with Gasteiger partial charge in [-0.15, -0.1) is 0 Å². The van der Waals surface area contributed by atoms with Gasteiger partial charge < -0.3 is 14.3 Å². The van der Waals surface area contributed by atoms with E-state index in [-0.39, 0.29) is 12.2 Å². The van der Waals surface area contributed by atoms with Crippen molar-refractivity contribution in [3.8, 4) is 5.75 Å². The molecule has 2 aromatic rings. The summed E-state index contributed by atoms with van der Waals surface area (Å²) in [7, 11) is 0. The third-order valence-electron chi connectivity index (χ3n) is 2.60. The molecule has 0 saturated carbocycles. The van der Waals surface area contributed by atoms with E-state index in [1.165, 1.54) is 6.07 Å². The first-order valence-electron chi connectivity index (χ1n) is 5.61. The van der Waals surface area contributed by atoms with Crippen LogP contribution in [0.2, 0.25) is 0 Å². The first-order chi connectivity index (χ1) is 9.10. The van der Waals surface area contributed by atoms with Crippen molar-refractivity contribution in [2.75, 3.05) is 0 Å². The Kier molecular flexibility index (Phi) is 3.66. The second-order valence-corrected chi connectivity index (χ2v) is 3.96. The topological polar surface area (TPSA) is 76.7 Å². The van der Waals surface area contributed by atoms with E-state index < -0.39 is 5.97 Å². The average Bonchev–Trinajstić information content (AvgIpc) is 2.78. The third-order valence-corrected chi connectivity index (χ3v) is 2.60. The van der Waals surface area contributed by atoms with Crippen LogP contribution in [-0.4, -0.2) is 17.4 Å². The van der Waals surface area contributed by atoms with Crippen molar-refractivity contribution in [3.63, 3.8) is 0 Å². The normalized spacial score (nSPS) is 10.2. The number of ether oxygens (including phenoxy) is 1. The maximum atomic E-state index is 10.8. The summed E-state index contributed by atoms with van der Waals surface area (Å²) in [5.74, 6) is 0.344. The Balaban J connectivity index is 2.03. The molecule has 1 aromatic carbocycles. The fourth-order valence-corrected chi connectivity index (χ4v) is 1.62. The van der Waals surface area contributed by atoms with Crippen molar-refractivity contribution in [2.24, 2.45) is 0 Å². The molecule has 0 atom stereocenters. The first kappa shape index (κ1) is 12.9. The van der Waals surface area contributed by atoms with E-state index in [1.807, 2.05) is 0 Å². The van der Waals surface area contributed by atoms with Crippen LogP contribution in [0.5, 0.6) is 5.75 Å². The smallest absolute Gasteiger partial charge is 0.339 e. The highest BCUT2D eigenvalue weighted by Crippen LogP contribution is 2.18. The van der Waals surface area contributed by atoms with E-state index in [9.17, 15) is 9.59 Å². The minimum Gasteiger partial charge on any atom is -0.486 e. The number of carboxylic acids is 1. The van der Waals surface area contributed by atoms with Gasteiger partial charge in [-0.05, 0) is 37.3 Å². The van der Waals surface area contributed by atoms with Crippen molar-refractivity contribution in [2.45, 2.75) is 13.5 Å². The molecule has 0 spiro atoms. The second kappa shape index (κ2) is 5.39. The van der Waals surface area contributed by atoms with E-state index in [4.69, 9.17) is 14.3 Å². The fourth-order valence-electron chi connectivity index (χ4n) is 1.62. The minimum atomic E-state index is -1.03. The van der Waals surface area contributed by atoms with E-state index in [1.54, 1.807) is 31.2 Å². The first-order valence-corrected chi connectivity index (χ1v) is 5.61. The Bertz CT molecular complexity index is 595. The van der Waals surface area contributed by atoms with Crippen molar-refractivity contribution in [3.05, 3.63) is 53.0 Å². The van der Waals surface area contributed by atoms with E-state index in [0.29, 0.717) is 22.8 Å². The molecule has 0 aliphatic rings. The summed E-state index contributed by atoms with van der Waals surface area (Å²) in [6.07, 6.45) is 0.749. The number of hydrogen-bond donors (Lipinski definition) is 1. The lowest BCUT2D eigenvalue weighted by molar-refractivity contribution is 0.0695. The molecule has 5 heteroatoms. The molecular weight excluding hydrogens is 248 g/mol. The number of rotatable bonds is 5. The zero-order valence-electron chi connectivity index (χ0n) is 10.3. The number of hydrogen-bond acceptors (Lipinski definition) is 4. The van der Waals surface area contributed by atoms with Gasteiger partial charge in [-0.1, -0.05) is 0 Å². The Morgan fingerprint density at radius 1 is 1.37 bits per heavy atom. The molecule has 19 heavy (non-hydrogen) atoms. The molecule has 0 aliphatic carbocycles.